The highest BCUT2D eigenvalue weighted by atomic mass is 32.2. The molecule has 1 heterocycles. The zero-order valence-corrected chi connectivity index (χ0v) is 20.9. The fraction of sp³-hybridized carbons (Fsp3) is 0.214. The van der Waals surface area contributed by atoms with Gasteiger partial charge in [0, 0.05) is 5.69 Å². The molecule has 0 amide bonds. The Bertz CT molecular complexity index is 1400. The van der Waals surface area contributed by atoms with Gasteiger partial charge in [0.15, 0.2) is 0 Å². The van der Waals surface area contributed by atoms with Crippen LogP contribution in [0.4, 0.5) is 0 Å². The second kappa shape index (κ2) is 10.4. The number of aryl methyl sites for hydroxylation is 3. The van der Waals surface area contributed by atoms with E-state index in [1.54, 1.807) is 24.3 Å². The molecule has 0 radical (unpaired) electrons. The molecule has 0 fully saturated rings. The summed E-state index contributed by atoms with van der Waals surface area (Å²) in [6.45, 7) is 5.56. The van der Waals surface area contributed by atoms with Crippen LogP contribution in [0.5, 0.6) is 0 Å². The third kappa shape index (κ3) is 5.75. The lowest BCUT2D eigenvalue weighted by molar-refractivity contribution is 0.0787. The number of nitrogens with one attached hydrogen (secondary N) is 1. The second-order valence-corrected chi connectivity index (χ2v) is 10.5. The molecule has 0 aliphatic rings. The van der Waals surface area contributed by atoms with E-state index in [1.807, 2.05) is 87.5 Å². The summed E-state index contributed by atoms with van der Waals surface area (Å²) in [6.07, 6.45) is 0.341. The molecule has 0 spiro atoms. The predicted molar refractivity (Wildman–Crippen MR) is 137 cm³/mol. The molecule has 7 heteroatoms. The van der Waals surface area contributed by atoms with E-state index in [0.29, 0.717) is 17.7 Å². The number of hydrogen-bond acceptors (Lipinski definition) is 4. The Morgan fingerprint density at radius 3 is 2.06 bits per heavy atom. The van der Waals surface area contributed by atoms with Gasteiger partial charge >= 0.3 is 0 Å². The molecule has 3 aromatic carbocycles. The number of carbonyl (C=O) groups excluding carboxylic acids is 1. The first-order valence-electron chi connectivity index (χ1n) is 11.5. The SMILES string of the molecule is Cc1ccc(S(=O)(=O)N[C@H](c2ccccc2)[C@H](Cc2ccccc2)C(=O)n2nc(C)cc2C)cc1. The van der Waals surface area contributed by atoms with Crippen molar-refractivity contribution in [2.45, 2.75) is 38.1 Å². The number of carbonyl (C=O) groups is 1. The number of benzene rings is 3. The quantitative estimate of drug-likeness (QED) is 0.378. The van der Waals surface area contributed by atoms with Gasteiger partial charge in [-0.2, -0.15) is 5.10 Å². The fourth-order valence-electron chi connectivity index (χ4n) is 4.22. The third-order valence-corrected chi connectivity index (χ3v) is 7.47. The van der Waals surface area contributed by atoms with Crippen molar-refractivity contribution in [2.24, 2.45) is 5.92 Å². The molecule has 180 valence electrons. The van der Waals surface area contributed by atoms with Crippen LogP contribution in [0, 0.1) is 26.7 Å². The Labute approximate surface area is 206 Å². The van der Waals surface area contributed by atoms with Crippen LogP contribution < -0.4 is 4.72 Å². The second-order valence-electron chi connectivity index (χ2n) is 8.80. The zero-order chi connectivity index (χ0) is 25.0. The van der Waals surface area contributed by atoms with Gasteiger partial charge in [0.05, 0.1) is 22.5 Å². The zero-order valence-electron chi connectivity index (χ0n) is 20.0. The molecule has 2 atom stereocenters. The summed E-state index contributed by atoms with van der Waals surface area (Å²) in [6, 6.07) is 26.6. The standard InChI is InChI=1S/C28H29N3O3S/c1-20-14-16-25(17-15-20)35(33,34)30-27(24-12-8-5-9-13-24)26(19-23-10-6-4-7-11-23)28(32)31-22(3)18-21(2)29-31/h4-18,26-27,30H,19H2,1-3H3/t26-,27+/m0/s1. The number of hydrogen-bond donors (Lipinski definition) is 1. The summed E-state index contributed by atoms with van der Waals surface area (Å²) in [5, 5.41) is 4.40. The molecular weight excluding hydrogens is 458 g/mol. The molecule has 0 unspecified atom stereocenters. The van der Waals surface area contributed by atoms with Crippen LogP contribution in [0.25, 0.3) is 0 Å². The first-order chi connectivity index (χ1) is 16.7. The van der Waals surface area contributed by atoms with Gasteiger partial charge in [0.1, 0.15) is 0 Å². The molecule has 0 bridgehead atoms. The average molecular weight is 488 g/mol. The summed E-state index contributed by atoms with van der Waals surface area (Å²) < 4.78 is 31.2. The van der Waals surface area contributed by atoms with E-state index in [4.69, 9.17) is 0 Å². The number of nitrogens with zero attached hydrogens (tertiary/aromatic N) is 2. The predicted octanol–water partition coefficient (Wildman–Crippen LogP) is 5.03. The van der Waals surface area contributed by atoms with Crippen molar-refractivity contribution in [1.29, 1.82) is 0 Å². The van der Waals surface area contributed by atoms with E-state index < -0.39 is 22.0 Å². The largest absolute Gasteiger partial charge is 0.272 e. The summed E-state index contributed by atoms with van der Waals surface area (Å²) in [7, 11) is -3.91. The van der Waals surface area contributed by atoms with Crippen LogP contribution >= 0.6 is 0 Å². The van der Waals surface area contributed by atoms with Gasteiger partial charge in [-0.15, -0.1) is 0 Å². The van der Waals surface area contributed by atoms with Crippen molar-refractivity contribution >= 4 is 15.9 Å². The van der Waals surface area contributed by atoms with E-state index in [0.717, 1.165) is 16.8 Å². The molecule has 4 aromatic rings. The smallest absolute Gasteiger partial charge is 0.252 e. The third-order valence-electron chi connectivity index (χ3n) is 6.01. The molecule has 1 N–H and O–H groups in total. The molecule has 0 saturated carbocycles. The molecule has 6 nitrogen and oxygen atoms in total. The van der Waals surface area contributed by atoms with Crippen LogP contribution in [0.3, 0.4) is 0 Å². The number of rotatable bonds is 8. The van der Waals surface area contributed by atoms with E-state index in [2.05, 4.69) is 9.82 Å². The van der Waals surface area contributed by atoms with Crippen molar-refractivity contribution in [3.8, 4) is 0 Å². The maximum Gasteiger partial charge on any atom is 0.252 e. The van der Waals surface area contributed by atoms with E-state index in [-0.39, 0.29) is 10.8 Å². The highest BCUT2D eigenvalue weighted by molar-refractivity contribution is 7.89. The summed E-state index contributed by atoms with van der Waals surface area (Å²) >= 11 is 0. The minimum Gasteiger partial charge on any atom is -0.272 e. The van der Waals surface area contributed by atoms with Crippen molar-refractivity contribution in [3.63, 3.8) is 0 Å². The minimum atomic E-state index is -3.91. The average Bonchev–Trinajstić information content (AvgIpc) is 3.20. The van der Waals surface area contributed by atoms with Gasteiger partial charge < -0.3 is 0 Å². The highest BCUT2D eigenvalue weighted by Crippen LogP contribution is 2.30. The molecule has 4 rings (SSSR count). The number of aromatic nitrogens is 2. The van der Waals surface area contributed by atoms with E-state index in [1.165, 1.54) is 4.68 Å². The molecule has 1 aromatic heterocycles. The topological polar surface area (TPSA) is 81.1 Å². The van der Waals surface area contributed by atoms with Gasteiger partial charge in [-0.1, -0.05) is 78.4 Å². The van der Waals surface area contributed by atoms with Crippen LogP contribution in [0.1, 0.15) is 38.9 Å². The lowest BCUT2D eigenvalue weighted by Gasteiger charge is -2.28. The first-order valence-corrected chi connectivity index (χ1v) is 13.0. The Morgan fingerprint density at radius 2 is 1.49 bits per heavy atom. The summed E-state index contributed by atoms with van der Waals surface area (Å²) in [5.41, 5.74) is 4.04. The fourth-order valence-corrected chi connectivity index (χ4v) is 5.49. The van der Waals surface area contributed by atoms with E-state index in [9.17, 15) is 13.2 Å². The van der Waals surface area contributed by atoms with Crippen LogP contribution in [0.15, 0.2) is 95.9 Å². The molecule has 0 aliphatic heterocycles. The lowest BCUT2D eigenvalue weighted by Crippen LogP contribution is -2.40. The first kappa shape index (κ1) is 24.6. The van der Waals surface area contributed by atoms with Gasteiger partial charge in [0.25, 0.3) is 5.91 Å². The Kier molecular flexibility index (Phi) is 7.28. The van der Waals surface area contributed by atoms with Gasteiger partial charge in [-0.25, -0.2) is 17.8 Å². The summed E-state index contributed by atoms with van der Waals surface area (Å²) in [4.78, 5) is 14.1. The van der Waals surface area contributed by atoms with Crippen molar-refractivity contribution < 1.29 is 13.2 Å². The normalized spacial score (nSPS) is 13.3. The maximum absolute atomic E-state index is 13.9. The molecule has 0 aliphatic carbocycles. The van der Waals surface area contributed by atoms with E-state index >= 15 is 0 Å². The maximum atomic E-state index is 13.9. The molecule has 35 heavy (non-hydrogen) atoms. The minimum absolute atomic E-state index is 0.154. The van der Waals surface area contributed by atoms with Crippen LogP contribution in [-0.4, -0.2) is 24.1 Å². The monoisotopic (exact) mass is 487 g/mol. The van der Waals surface area contributed by atoms with Crippen LogP contribution in [0.2, 0.25) is 0 Å². The van der Waals surface area contributed by atoms with Crippen molar-refractivity contribution in [2.75, 3.05) is 0 Å². The number of sulfonamides is 1. The summed E-state index contributed by atoms with van der Waals surface area (Å²) in [5.74, 6) is -1.00. The highest BCUT2D eigenvalue weighted by Gasteiger charge is 2.35. The lowest BCUT2D eigenvalue weighted by atomic mass is 9.87. The Balaban J connectivity index is 1.81. The van der Waals surface area contributed by atoms with Crippen LogP contribution in [-0.2, 0) is 16.4 Å². The Hall–Kier alpha value is -3.55. The Morgan fingerprint density at radius 1 is 0.886 bits per heavy atom. The van der Waals surface area contributed by atoms with Crippen molar-refractivity contribution in [3.05, 3.63) is 119 Å². The van der Waals surface area contributed by atoms with Gasteiger partial charge in [-0.05, 0) is 56.5 Å². The van der Waals surface area contributed by atoms with Gasteiger partial charge in [-0.3, -0.25) is 4.79 Å². The van der Waals surface area contributed by atoms with Gasteiger partial charge in [0.2, 0.25) is 10.0 Å². The molecule has 0 saturated heterocycles. The molecular formula is C28H29N3O3S. The van der Waals surface area contributed by atoms with Crippen molar-refractivity contribution in [1.82, 2.24) is 14.5 Å².